The maximum Gasteiger partial charge on any atom is 0.246 e. The van der Waals surface area contributed by atoms with Crippen LogP contribution in [0.2, 0.25) is 0 Å². The van der Waals surface area contributed by atoms with Gasteiger partial charge in [-0.15, -0.1) is 0 Å². The van der Waals surface area contributed by atoms with Crippen molar-refractivity contribution in [3.05, 3.63) is 35.4 Å². The van der Waals surface area contributed by atoms with Gasteiger partial charge in [0, 0.05) is 45.7 Å². The zero-order valence-corrected chi connectivity index (χ0v) is 13.7. The first-order chi connectivity index (χ1) is 11.2. The predicted octanol–water partition coefficient (Wildman–Crippen LogP) is 1.43. The van der Waals surface area contributed by atoms with Gasteiger partial charge in [-0.25, -0.2) is 0 Å². The molecule has 0 radical (unpaired) electrons. The van der Waals surface area contributed by atoms with Gasteiger partial charge in [0.15, 0.2) is 0 Å². The number of hydrogen-bond donors (Lipinski definition) is 0. The highest BCUT2D eigenvalue weighted by Crippen LogP contribution is 2.26. The number of carbonyl (C=O) groups excluding carboxylic acids is 1. The third-order valence-electron chi connectivity index (χ3n) is 4.36. The van der Waals surface area contributed by atoms with E-state index in [4.69, 9.17) is 9.47 Å². The number of morpholine rings is 1. The van der Waals surface area contributed by atoms with Crippen molar-refractivity contribution in [2.75, 3.05) is 53.0 Å². The van der Waals surface area contributed by atoms with Crippen molar-refractivity contribution in [3.8, 4) is 5.75 Å². The van der Waals surface area contributed by atoms with Crippen molar-refractivity contribution >= 4 is 12.0 Å². The van der Waals surface area contributed by atoms with Crippen molar-refractivity contribution in [2.45, 2.75) is 6.42 Å². The molecule has 1 aromatic rings. The summed E-state index contributed by atoms with van der Waals surface area (Å²) in [5.41, 5.74) is 2.27. The maximum atomic E-state index is 12.2. The Morgan fingerprint density at radius 3 is 2.96 bits per heavy atom. The van der Waals surface area contributed by atoms with Crippen LogP contribution >= 0.6 is 0 Å². The minimum atomic E-state index is 0.0370. The van der Waals surface area contributed by atoms with Crippen LogP contribution in [0.3, 0.4) is 0 Å². The molecular formula is C18H24N2O3. The second-order valence-corrected chi connectivity index (χ2v) is 6.01. The number of likely N-dealkylation sites (N-methyl/N-ethyl adjacent to an activating group) is 1. The molecule has 1 aromatic carbocycles. The number of benzene rings is 1. The van der Waals surface area contributed by atoms with Crippen LogP contribution in [0.25, 0.3) is 6.08 Å². The van der Waals surface area contributed by atoms with Crippen LogP contribution in [0.1, 0.15) is 11.1 Å². The third-order valence-corrected chi connectivity index (χ3v) is 4.36. The molecule has 1 amide bonds. The lowest BCUT2D eigenvalue weighted by Crippen LogP contribution is -2.41. The lowest BCUT2D eigenvalue weighted by atomic mass is 10.1. The number of amides is 1. The van der Waals surface area contributed by atoms with E-state index in [0.717, 1.165) is 63.7 Å². The number of ether oxygens (including phenoxy) is 2. The molecule has 2 aliphatic rings. The molecule has 23 heavy (non-hydrogen) atoms. The first-order valence-electron chi connectivity index (χ1n) is 8.21. The second kappa shape index (κ2) is 7.62. The van der Waals surface area contributed by atoms with Crippen LogP contribution in [0.15, 0.2) is 24.3 Å². The fraction of sp³-hybridized carbons (Fsp3) is 0.500. The lowest BCUT2D eigenvalue weighted by molar-refractivity contribution is -0.125. The Labute approximate surface area is 137 Å². The molecule has 5 nitrogen and oxygen atoms in total. The Balaban J connectivity index is 1.49. The van der Waals surface area contributed by atoms with E-state index >= 15 is 0 Å². The Kier molecular flexibility index (Phi) is 5.31. The van der Waals surface area contributed by atoms with Gasteiger partial charge < -0.3 is 14.4 Å². The summed E-state index contributed by atoms with van der Waals surface area (Å²) in [5.74, 6) is 1.01. The van der Waals surface area contributed by atoms with Gasteiger partial charge in [0.25, 0.3) is 0 Å². The van der Waals surface area contributed by atoms with Gasteiger partial charge in [-0.2, -0.15) is 0 Å². The quantitative estimate of drug-likeness (QED) is 0.771. The highest BCUT2D eigenvalue weighted by molar-refractivity contribution is 5.91. The zero-order valence-electron chi connectivity index (χ0n) is 13.7. The molecule has 0 saturated carbocycles. The van der Waals surface area contributed by atoms with Gasteiger partial charge in [0.2, 0.25) is 5.91 Å². The molecule has 1 saturated heterocycles. The minimum Gasteiger partial charge on any atom is -0.493 e. The van der Waals surface area contributed by atoms with Crippen LogP contribution in [-0.4, -0.2) is 68.8 Å². The van der Waals surface area contributed by atoms with Gasteiger partial charge in [0.1, 0.15) is 5.75 Å². The molecule has 0 N–H and O–H groups in total. The third kappa shape index (κ3) is 4.33. The number of hydrogen-bond acceptors (Lipinski definition) is 4. The van der Waals surface area contributed by atoms with E-state index in [1.54, 1.807) is 11.0 Å². The highest BCUT2D eigenvalue weighted by Gasteiger charge is 2.13. The van der Waals surface area contributed by atoms with Crippen LogP contribution in [0.4, 0.5) is 0 Å². The molecule has 0 unspecified atom stereocenters. The fourth-order valence-electron chi connectivity index (χ4n) is 2.83. The highest BCUT2D eigenvalue weighted by atomic mass is 16.5. The van der Waals surface area contributed by atoms with Crippen LogP contribution in [-0.2, 0) is 16.0 Å². The normalized spacial score (nSPS) is 18.0. The molecule has 5 heteroatoms. The molecule has 1 fully saturated rings. The predicted molar refractivity (Wildman–Crippen MR) is 89.6 cm³/mol. The first kappa shape index (κ1) is 16.0. The van der Waals surface area contributed by atoms with Crippen LogP contribution in [0.5, 0.6) is 5.75 Å². The lowest BCUT2D eigenvalue weighted by Gasteiger charge is -2.28. The monoisotopic (exact) mass is 316 g/mol. The van der Waals surface area contributed by atoms with E-state index in [2.05, 4.69) is 11.0 Å². The summed E-state index contributed by atoms with van der Waals surface area (Å²) in [4.78, 5) is 16.3. The van der Waals surface area contributed by atoms with E-state index in [1.165, 1.54) is 5.56 Å². The largest absolute Gasteiger partial charge is 0.493 e. The second-order valence-electron chi connectivity index (χ2n) is 6.01. The summed E-state index contributed by atoms with van der Waals surface area (Å²) in [6.45, 7) is 5.88. The Morgan fingerprint density at radius 2 is 2.13 bits per heavy atom. The maximum absolute atomic E-state index is 12.2. The Morgan fingerprint density at radius 1 is 1.30 bits per heavy atom. The number of rotatable bonds is 5. The van der Waals surface area contributed by atoms with Gasteiger partial charge >= 0.3 is 0 Å². The molecule has 0 atom stereocenters. The van der Waals surface area contributed by atoms with Crippen molar-refractivity contribution in [1.29, 1.82) is 0 Å². The molecular weight excluding hydrogens is 292 g/mol. The zero-order chi connectivity index (χ0) is 16.1. The number of nitrogens with zero attached hydrogens (tertiary/aromatic N) is 2. The van der Waals surface area contributed by atoms with E-state index < -0.39 is 0 Å². The van der Waals surface area contributed by atoms with Crippen LogP contribution < -0.4 is 4.74 Å². The molecule has 3 rings (SSSR count). The minimum absolute atomic E-state index is 0.0370. The fourth-order valence-corrected chi connectivity index (χ4v) is 2.83. The van der Waals surface area contributed by atoms with Gasteiger partial charge in [-0.05, 0) is 29.3 Å². The number of carbonyl (C=O) groups is 1. The summed E-state index contributed by atoms with van der Waals surface area (Å²) in [7, 11) is 1.85. The Bertz CT molecular complexity index is 580. The molecule has 0 bridgehead atoms. The molecule has 2 aliphatic heterocycles. The van der Waals surface area contributed by atoms with E-state index in [0.29, 0.717) is 0 Å². The standard InChI is InChI=1S/C18H24N2O3/c1-19(7-8-20-9-12-22-13-10-20)18(21)5-3-15-2-4-17-16(14-15)6-11-23-17/h2-5,14H,6-13H2,1H3. The number of fused-ring (bicyclic) bond motifs is 1. The van der Waals surface area contributed by atoms with Crippen molar-refractivity contribution < 1.29 is 14.3 Å². The molecule has 0 aliphatic carbocycles. The van der Waals surface area contributed by atoms with E-state index in [1.807, 2.05) is 25.3 Å². The van der Waals surface area contributed by atoms with Crippen molar-refractivity contribution in [2.24, 2.45) is 0 Å². The topological polar surface area (TPSA) is 42.0 Å². The van der Waals surface area contributed by atoms with Gasteiger partial charge in [0.05, 0.1) is 19.8 Å². The van der Waals surface area contributed by atoms with Crippen molar-refractivity contribution in [1.82, 2.24) is 9.80 Å². The van der Waals surface area contributed by atoms with Crippen LogP contribution in [0, 0.1) is 0 Å². The molecule has 0 spiro atoms. The molecule has 2 heterocycles. The molecule has 124 valence electrons. The van der Waals surface area contributed by atoms with E-state index in [9.17, 15) is 4.79 Å². The summed E-state index contributed by atoms with van der Waals surface area (Å²) in [6, 6.07) is 6.07. The summed E-state index contributed by atoms with van der Waals surface area (Å²) in [5, 5.41) is 0. The van der Waals surface area contributed by atoms with E-state index in [-0.39, 0.29) is 5.91 Å². The first-order valence-corrected chi connectivity index (χ1v) is 8.21. The van der Waals surface area contributed by atoms with Gasteiger partial charge in [-0.3, -0.25) is 9.69 Å². The molecule has 0 aromatic heterocycles. The average molecular weight is 316 g/mol. The Hall–Kier alpha value is -1.85. The summed E-state index contributed by atoms with van der Waals surface area (Å²) in [6.07, 6.45) is 4.48. The van der Waals surface area contributed by atoms with Crippen molar-refractivity contribution in [3.63, 3.8) is 0 Å². The summed E-state index contributed by atoms with van der Waals surface area (Å²) >= 11 is 0. The summed E-state index contributed by atoms with van der Waals surface area (Å²) < 4.78 is 10.8. The van der Waals surface area contributed by atoms with Gasteiger partial charge in [-0.1, -0.05) is 6.07 Å². The average Bonchev–Trinajstić information content (AvgIpc) is 3.06. The SMILES string of the molecule is CN(CCN1CCOCC1)C(=O)C=Cc1ccc2c(c1)CCO2. The smallest absolute Gasteiger partial charge is 0.246 e.